The van der Waals surface area contributed by atoms with E-state index in [1.165, 1.54) is 37.7 Å². The molecule has 5 nitrogen and oxygen atoms in total. The van der Waals surface area contributed by atoms with Gasteiger partial charge in [0.25, 0.3) is 0 Å². The zero-order valence-corrected chi connectivity index (χ0v) is 19.9. The number of nitrogens with zero attached hydrogens (tertiary/aromatic N) is 2. The summed E-state index contributed by atoms with van der Waals surface area (Å²) in [6.07, 6.45) is 10.7. The molecule has 0 amide bonds. The van der Waals surface area contributed by atoms with Crippen molar-refractivity contribution in [1.82, 2.24) is 9.97 Å². The van der Waals surface area contributed by atoms with E-state index < -0.39 is 6.10 Å². The second-order valence-electron chi connectivity index (χ2n) is 8.19. The largest absolute Gasteiger partial charge is 0.479 e. The van der Waals surface area contributed by atoms with Gasteiger partial charge >= 0.3 is 5.97 Å². The third kappa shape index (κ3) is 7.41. The lowest BCUT2D eigenvalue weighted by molar-refractivity contribution is -0.150. The molecule has 0 spiro atoms. The quantitative estimate of drug-likeness (QED) is 0.230. The highest BCUT2D eigenvalue weighted by atomic mass is 16.6. The maximum absolute atomic E-state index is 11.7. The number of esters is 1. The van der Waals surface area contributed by atoms with Gasteiger partial charge in [-0.2, -0.15) is 0 Å². The summed E-state index contributed by atoms with van der Waals surface area (Å²) >= 11 is 0. The molecule has 2 aromatic carbocycles. The van der Waals surface area contributed by atoms with Crippen LogP contribution in [0.1, 0.15) is 58.4 Å². The van der Waals surface area contributed by atoms with Gasteiger partial charge in [0.2, 0.25) is 0 Å². The number of benzene rings is 2. The van der Waals surface area contributed by atoms with Crippen LogP contribution in [0.25, 0.3) is 22.5 Å². The monoisotopic (exact) mass is 446 g/mol. The molecule has 0 saturated carbocycles. The summed E-state index contributed by atoms with van der Waals surface area (Å²) < 4.78 is 10.6. The molecule has 33 heavy (non-hydrogen) atoms. The first kappa shape index (κ1) is 24.4. The minimum Gasteiger partial charge on any atom is -0.479 e. The first-order chi connectivity index (χ1) is 16.1. The SMILES string of the molecule is CCCCCCCc1ccc(-c2cnc(-c3ccc(OC(C)C(=O)OCC)cc3)nc2)cc1. The smallest absolute Gasteiger partial charge is 0.347 e. The van der Waals surface area contributed by atoms with E-state index in [1.807, 2.05) is 36.7 Å². The summed E-state index contributed by atoms with van der Waals surface area (Å²) in [5, 5.41) is 0. The second-order valence-corrected chi connectivity index (χ2v) is 8.19. The first-order valence-corrected chi connectivity index (χ1v) is 12.0. The van der Waals surface area contributed by atoms with E-state index >= 15 is 0 Å². The highest BCUT2D eigenvalue weighted by Crippen LogP contribution is 2.23. The fourth-order valence-corrected chi connectivity index (χ4v) is 3.62. The van der Waals surface area contributed by atoms with Crippen LogP contribution >= 0.6 is 0 Å². The molecular formula is C28H34N2O3. The van der Waals surface area contributed by atoms with Gasteiger partial charge in [0.05, 0.1) is 6.61 Å². The van der Waals surface area contributed by atoms with Gasteiger partial charge in [0.15, 0.2) is 11.9 Å². The summed E-state index contributed by atoms with van der Waals surface area (Å²) in [6.45, 7) is 6.03. The van der Waals surface area contributed by atoms with Crippen LogP contribution in [0, 0.1) is 0 Å². The molecule has 3 rings (SSSR count). The predicted molar refractivity (Wildman–Crippen MR) is 132 cm³/mol. The number of rotatable bonds is 12. The van der Waals surface area contributed by atoms with Gasteiger partial charge in [0.1, 0.15) is 5.75 Å². The summed E-state index contributed by atoms with van der Waals surface area (Å²) in [5.74, 6) is 0.870. The van der Waals surface area contributed by atoms with E-state index in [0.717, 1.165) is 23.1 Å². The van der Waals surface area contributed by atoms with Gasteiger partial charge in [-0.05, 0) is 62.1 Å². The molecule has 1 aromatic heterocycles. The molecule has 174 valence electrons. The Bertz CT molecular complexity index is 983. The van der Waals surface area contributed by atoms with Crippen LogP contribution in [0.4, 0.5) is 0 Å². The van der Waals surface area contributed by atoms with Crippen LogP contribution in [0.2, 0.25) is 0 Å². The van der Waals surface area contributed by atoms with E-state index in [-0.39, 0.29) is 5.97 Å². The Kier molecular flexibility index (Phi) is 9.43. The molecule has 0 saturated heterocycles. The van der Waals surface area contributed by atoms with Gasteiger partial charge in [-0.15, -0.1) is 0 Å². The Morgan fingerprint density at radius 1 is 0.818 bits per heavy atom. The molecule has 1 heterocycles. The van der Waals surface area contributed by atoms with Crippen LogP contribution in [0.15, 0.2) is 60.9 Å². The fraction of sp³-hybridized carbons (Fsp3) is 0.393. The first-order valence-electron chi connectivity index (χ1n) is 12.0. The molecule has 0 radical (unpaired) electrons. The highest BCUT2D eigenvalue weighted by molar-refractivity contribution is 5.74. The maximum Gasteiger partial charge on any atom is 0.347 e. The predicted octanol–water partition coefficient (Wildman–Crippen LogP) is 6.65. The molecule has 0 aliphatic rings. The minimum absolute atomic E-state index is 0.335. The topological polar surface area (TPSA) is 61.3 Å². The number of carbonyl (C=O) groups excluding carboxylic acids is 1. The van der Waals surface area contributed by atoms with E-state index in [2.05, 4.69) is 41.2 Å². The molecule has 5 heteroatoms. The third-order valence-electron chi connectivity index (χ3n) is 5.55. The Balaban J connectivity index is 1.57. The number of hydrogen-bond acceptors (Lipinski definition) is 5. The average Bonchev–Trinajstić information content (AvgIpc) is 2.85. The van der Waals surface area contributed by atoms with Gasteiger partial charge in [0, 0.05) is 23.5 Å². The van der Waals surface area contributed by atoms with Crippen molar-refractivity contribution in [3.63, 3.8) is 0 Å². The maximum atomic E-state index is 11.7. The molecule has 0 bridgehead atoms. The number of carbonyl (C=O) groups is 1. The van der Waals surface area contributed by atoms with Crippen LogP contribution in [-0.4, -0.2) is 28.6 Å². The fourth-order valence-electron chi connectivity index (χ4n) is 3.62. The van der Waals surface area contributed by atoms with Crippen molar-refractivity contribution in [2.24, 2.45) is 0 Å². The molecule has 0 aliphatic carbocycles. The van der Waals surface area contributed by atoms with Crippen LogP contribution in [0.3, 0.4) is 0 Å². The van der Waals surface area contributed by atoms with Crippen molar-refractivity contribution in [2.45, 2.75) is 65.4 Å². The van der Waals surface area contributed by atoms with Crippen molar-refractivity contribution in [3.05, 3.63) is 66.5 Å². The summed E-state index contributed by atoms with van der Waals surface area (Å²) in [4.78, 5) is 20.8. The van der Waals surface area contributed by atoms with Crippen molar-refractivity contribution >= 4 is 5.97 Å². The average molecular weight is 447 g/mol. The zero-order valence-electron chi connectivity index (χ0n) is 19.9. The Labute approximate surface area is 197 Å². The van der Waals surface area contributed by atoms with Crippen LogP contribution < -0.4 is 4.74 Å². The zero-order chi connectivity index (χ0) is 23.5. The lowest BCUT2D eigenvalue weighted by atomic mass is 10.0. The molecule has 1 atom stereocenters. The lowest BCUT2D eigenvalue weighted by Crippen LogP contribution is -2.25. The molecular weight excluding hydrogens is 412 g/mol. The van der Waals surface area contributed by atoms with Gasteiger partial charge in [-0.25, -0.2) is 14.8 Å². The summed E-state index contributed by atoms with van der Waals surface area (Å²) in [7, 11) is 0. The number of ether oxygens (including phenoxy) is 2. The van der Waals surface area contributed by atoms with Crippen molar-refractivity contribution in [1.29, 1.82) is 0 Å². The summed E-state index contributed by atoms with van der Waals surface area (Å²) in [6, 6.07) is 16.1. The highest BCUT2D eigenvalue weighted by Gasteiger charge is 2.15. The number of aryl methyl sites for hydroxylation is 1. The molecule has 3 aromatic rings. The standard InChI is InChI=1S/C28H34N2O3/c1-4-6-7-8-9-10-22-11-13-23(14-12-22)25-19-29-27(30-20-25)24-15-17-26(18-16-24)33-21(3)28(31)32-5-2/h11-21H,4-10H2,1-3H3. The van der Waals surface area contributed by atoms with E-state index in [9.17, 15) is 4.79 Å². The Morgan fingerprint density at radius 3 is 2.09 bits per heavy atom. The van der Waals surface area contributed by atoms with E-state index in [1.54, 1.807) is 13.8 Å². The van der Waals surface area contributed by atoms with E-state index in [0.29, 0.717) is 18.2 Å². The van der Waals surface area contributed by atoms with Crippen LogP contribution in [0.5, 0.6) is 5.75 Å². The Hall–Kier alpha value is -3.21. The number of hydrogen-bond donors (Lipinski definition) is 0. The van der Waals surface area contributed by atoms with Gasteiger partial charge < -0.3 is 9.47 Å². The molecule has 0 aliphatic heterocycles. The molecule has 0 fully saturated rings. The van der Waals surface area contributed by atoms with Crippen molar-refractivity contribution < 1.29 is 14.3 Å². The summed E-state index contributed by atoms with van der Waals surface area (Å²) in [5.41, 5.74) is 4.38. The van der Waals surface area contributed by atoms with Gasteiger partial charge in [-0.1, -0.05) is 56.9 Å². The second kappa shape index (κ2) is 12.7. The van der Waals surface area contributed by atoms with Crippen LogP contribution in [-0.2, 0) is 16.0 Å². The molecule has 0 N–H and O–H groups in total. The van der Waals surface area contributed by atoms with Gasteiger partial charge in [-0.3, -0.25) is 0 Å². The normalized spacial score (nSPS) is 11.7. The Morgan fingerprint density at radius 2 is 1.45 bits per heavy atom. The third-order valence-corrected chi connectivity index (χ3v) is 5.55. The minimum atomic E-state index is -0.654. The lowest BCUT2D eigenvalue weighted by Gasteiger charge is -2.13. The van der Waals surface area contributed by atoms with Crippen molar-refractivity contribution in [3.8, 4) is 28.3 Å². The number of aromatic nitrogens is 2. The number of unbranched alkanes of at least 4 members (excludes halogenated alkanes) is 4. The van der Waals surface area contributed by atoms with Crippen molar-refractivity contribution in [2.75, 3.05) is 6.61 Å². The van der Waals surface area contributed by atoms with E-state index in [4.69, 9.17) is 9.47 Å². The molecule has 1 unspecified atom stereocenters.